The maximum atomic E-state index is 14.9. The van der Waals surface area contributed by atoms with Crippen LogP contribution < -0.4 is 11.1 Å². The molecule has 2 fully saturated rings. The minimum atomic E-state index is -1.66. The lowest BCUT2D eigenvalue weighted by Crippen LogP contribution is -2.53. The Labute approximate surface area is 308 Å². The molecule has 0 aliphatic carbocycles. The average molecular weight is 703 g/mol. The summed E-state index contributed by atoms with van der Waals surface area (Å²) in [6.45, 7) is 1.23. The molecule has 5 aromatic carbocycles. The van der Waals surface area contributed by atoms with Gasteiger partial charge in [-0.05, 0) is 65.2 Å². The fourth-order valence-electron chi connectivity index (χ4n) is 8.58. The Bertz CT molecular complexity index is 2240. The molecule has 9 nitrogen and oxygen atoms in total. The summed E-state index contributed by atoms with van der Waals surface area (Å²) in [5, 5.41) is 13.4. The lowest BCUT2D eigenvalue weighted by Gasteiger charge is -2.46. The number of esters is 1. The molecule has 3 heterocycles. The molecule has 2 saturated heterocycles. The van der Waals surface area contributed by atoms with E-state index in [0.29, 0.717) is 28.9 Å². The summed E-state index contributed by atoms with van der Waals surface area (Å²) in [5.41, 5.74) is 9.75. The molecule has 0 aromatic heterocycles. The number of phenols is 1. The molecular formula is C44H38N4O5. The Kier molecular flexibility index (Phi) is 8.79. The van der Waals surface area contributed by atoms with Crippen LogP contribution in [0.1, 0.15) is 51.6 Å². The maximum Gasteiger partial charge on any atom is 0.324 e. The van der Waals surface area contributed by atoms with Gasteiger partial charge in [0.25, 0.3) is 0 Å². The molecule has 6 atom stereocenters. The number of benzene rings is 5. The van der Waals surface area contributed by atoms with Gasteiger partial charge in [-0.25, -0.2) is 0 Å². The normalized spacial score (nSPS) is 24.5. The van der Waals surface area contributed by atoms with Crippen LogP contribution in [0.15, 0.2) is 133 Å². The molecule has 1 spiro atoms. The molecule has 0 bridgehead atoms. The van der Waals surface area contributed by atoms with Gasteiger partial charge in [0.2, 0.25) is 11.8 Å². The molecule has 2 amide bonds. The van der Waals surface area contributed by atoms with E-state index < -0.39 is 53.3 Å². The number of ether oxygens (including phenoxy) is 1. The fourth-order valence-corrected chi connectivity index (χ4v) is 8.58. The summed E-state index contributed by atoms with van der Waals surface area (Å²) in [6.07, 6.45) is -0.778. The van der Waals surface area contributed by atoms with Crippen molar-refractivity contribution in [1.29, 1.82) is 0 Å². The van der Waals surface area contributed by atoms with Crippen molar-refractivity contribution >= 4 is 23.5 Å². The lowest BCUT2D eigenvalue weighted by atomic mass is 9.65. The van der Waals surface area contributed by atoms with Crippen molar-refractivity contribution < 1.29 is 24.2 Å². The Hall–Kier alpha value is -6.21. The Morgan fingerprint density at radius 3 is 2.15 bits per heavy atom. The molecule has 3 aliphatic rings. The van der Waals surface area contributed by atoms with Crippen molar-refractivity contribution in [1.82, 2.24) is 9.80 Å². The van der Waals surface area contributed by atoms with Gasteiger partial charge < -0.3 is 20.9 Å². The van der Waals surface area contributed by atoms with Crippen molar-refractivity contribution in [2.75, 3.05) is 18.9 Å². The molecular weight excluding hydrogens is 665 g/mol. The van der Waals surface area contributed by atoms with E-state index in [1.54, 1.807) is 30.3 Å². The quantitative estimate of drug-likeness (QED) is 0.148. The van der Waals surface area contributed by atoms with E-state index in [4.69, 9.17) is 10.5 Å². The predicted octanol–water partition coefficient (Wildman–Crippen LogP) is 5.63. The summed E-state index contributed by atoms with van der Waals surface area (Å²) >= 11 is 0. The number of cyclic esters (lactones) is 1. The standard InChI is InChI=1S/C44H38N4O5/c1-47(27-29-12-5-2-6-13-29)25-11-14-28-19-24-35-34(26-28)44(43(52)46-35)36(41(45)50)38-42(51)53-39(31-17-9-4-10-18-31)37(30-15-7-3-8-16-30)48(38)40(44)32-20-22-33(49)23-21-32/h2-10,12-13,15-24,26,36-40,49H,25,27H2,1H3,(H2,45,50)(H,46,52). The van der Waals surface area contributed by atoms with Crippen LogP contribution in [0.2, 0.25) is 0 Å². The van der Waals surface area contributed by atoms with Gasteiger partial charge in [-0.2, -0.15) is 0 Å². The van der Waals surface area contributed by atoms with Crippen LogP contribution in [0.3, 0.4) is 0 Å². The second-order valence-corrected chi connectivity index (χ2v) is 13.9. The minimum Gasteiger partial charge on any atom is -0.508 e. The Morgan fingerprint density at radius 2 is 1.49 bits per heavy atom. The highest BCUT2D eigenvalue weighted by molar-refractivity contribution is 6.12. The third kappa shape index (κ3) is 5.82. The number of hydrogen-bond donors (Lipinski definition) is 3. The first kappa shape index (κ1) is 33.9. The van der Waals surface area contributed by atoms with Crippen LogP contribution in [0.25, 0.3) is 0 Å². The average Bonchev–Trinajstić information content (AvgIpc) is 3.65. The predicted molar refractivity (Wildman–Crippen MR) is 200 cm³/mol. The van der Waals surface area contributed by atoms with E-state index in [1.807, 2.05) is 103 Å². The molecule has 4 N–H and O–H groups in total. The van der Waals surface area contributed by atoms with Crippen LogP contribution in [0, 0.1) is 17.8 Å². The number of phenolic OH excluding ortho intramolecular Hbond substituents is 1. The molecule has 264 valence electrons. The summed E-state index contributed by atoms with van der Waals surface area (Å²) < 4.78 is 6.32. The van der Waals surface area contributed by atoms with Gasteiger partial charge in [0.05, 0.1) is 24.5 Å². The van der Waals surface area contributed by atoms with Gasteiger partial charge in [-0.3, -0.25) is 24.2 Å². The lowest BCUT2D eigenvalue weighted by molar-refractivity contribution is -0.178. The van der Waals surface area contributed by atoms with Crippen LogP contribution in [-0.4, -0.2) is 52.3 Å². The van der Waals surface area contributed by atoms with Crippen molar-refractivity contribution in [2.45, 2.75) is 36.2 Å². The number of carbonyl (C=O) groups excluding carboxylic acids is 3. The second-order valence-electron chi connectivity index (χ2n) is 13.9. The highest BCUT2D eigenvalue weighted by Crippen LogP contribution is 2.64. The molecule has 5 aromatic rings. The minimum absolute atomic E-state index is 0.0368. The molecule has 8 rings (SSSR count). The van der Waals surface area contributed by atoms with E-state index in [-0.39, 0.29) is 5.75 Å². The zero-order valence-electron chi connectivity index (χ0n) is 29.1. The largest absolute Gasteiger partial charge is 0.508 e. The number of nitrogens with one attached hydrogen (secondary N) is 1. The number of fused-ring (bicyclic) bond motifs is 3. The van der Waals surface area contributed by atoms with E-state index in [0.717, 1.165) is 17.7 Å². The van der Waals surface area contributed by atoms with Crippen LogP contribution >= 0.6 is 0 Å². The SMILES string of the molecule is CN(CC#Cc1ccc2c(c1)C1(C(=O)N2)C(C(N)=O)C2C(=O)OC(c3ccccc3)C(c3ccccc3)N2C1c1ccc(O)cc1)Cc1ccccc1. The van der Waals surface area contributed by atoms with Gasteiger partial charge in [0, 0.05) is 17.8 Å². The maximum absolute atomic E-state index is 14.9. The first-order chi connectivity index (χ1) is 25.8. The second kappa shape index (κ2) is 13.7. The van der Waals surface area contributed by atoms with Gasteiger partial charge >= 0.3 is 5.97 Å². The van der Waals surface area contributed by atoms with E-state index in [2.05, 4.69) is 34.2 Å². The summed E-state index contributed by atoms with van der Waals surface area (Å²) in [5.74, 6) is 3.35. The Morgan fingerprint density at radius 1 is 0.849 bits per heavy atom. The van der Waals surface area contributed by atoms with Crippen molar-refractivity contribution in [2.24, 2.45) is 11.7 Å². The van der Waals surface area contributed by atoms with Crippen LogP contribution in [0.5, 0.6) is 5.75 Å². The van der Waals surface area contributed by atoms with Crippen molar-refractivity contribution in [3.05, 3.63) is 167 Å². The first-order valence-corrected chi connectivity index (χ1v) is 17.6. The number of anilines is 1. The summed E-state index contributed by atoms with van der Waals surface area (Å²) in [6, 6.07) is 38.6. The topological polar surface area (TPSA) is 125 Å². The van der Waals surface area contributed by atoms with E-state index >= 15 is 0 Å². The van der Waals surface area contributed by atoms with Gasteiger partial charge in [0.1, 0.15) is 23.3 Å². The van der Waals surface area contributed by atoms with Gasteiger partial charge in [-0.15, -0.1) is 0 Å². The molecule has 0 saturated carbocycles. The zero-order chi connectivity index (χ0) is 36.7. The number of primary amides is 1. The van der Waals surface area contributed by atoms with Crippen LogP contribution in [0.4, 0.5) is 5.69 Å². The molecule has 9 heteroatoms. The fraction of sp³-hybridized carbons (Fsp3) is 0.205. The Balaban J connectivity index is 1.30. The molecule has 53 heavy (non-hydrogen) atoms. The summed E-state index contributed by atoms with van der Waals surface area (Å²) in [7, 11) is 2.00. The van der Waals surface area contributed by atoms with Crippen molar-refractivity contribution in [3.8, 4) is 17.6 Å². The number of hydrogen-bond acceptors (Lipinski definition) is 7. The number of rotatable bonds is 7. The summed E-state index contributed by atoms with van der Waals surface area (Å²) in [4.78, 5) is 47.4. The number of nitrogens with zero attached hydrogens (tertiary/aromatic N) is 2. The van der Waals surface area contributed by atoms with Crippen LogP contribution in [-0.2, 0) is 31.1 Å². The third-order valence-electron chi connectivity index (χ3n) is 10.7. The molecule has 3 aliphatic heterocycles. The number of amides is 2. The highest BCUT2D eigenvalue weighted by Gasteiger charge is 2.73. The van der Waals surface area contributed by atoms with Crippen molar-refractivity contribution in [3.63, 3.8) is 0 Å². The zero-order valence-corrected chi connectivity index (χ0v) is 29.1. The van der Waals surface area contributed by atoms with Gasteiger partial charge in [-0.1, -0.05) is 115 Å². The highest BCUT2D eigenvalue weighted by atomic mass is 16.6. The molecule has 0 radical (unpaired) electrons. The van der Waals surface area contributed by atoms with E-state index in [9.17, 15) is 19.5 Å². The molecule has 6 unspecified atom stereocenters. The number of carbonyl (C=O) groups is 3. The number of morpholine rings is 1. The van der Waals surface area contributed by atoms with Gasteiger partial charge in [0.15, 0.2) is 0 Å². The first-order valence-electron chi connectivity index (χ1n) is 17.6. The van der Waals surface area contributed by atoms with E-state index in [1.165, 1.54) is 5.56 Å². The number of nitrogens with two attached hydrogens (primary N) is 1. The monoisotopic (exact) mass is 702 g/mol. The third-order valence-corrected chi connectivity index (χ3v) is 10.7. The number of aromatic hydroxyl groups is 1. The smallest absolute Gasteiger partial charge is 0.324 e.